The molecule has 6 heteroatoms. The lowest BCUT2D eigenvalue weighted by molar-refractivity contribution is -0.0353. The summed E-state index contributed by atoms with van der Waals surface area (Å²) >= 11 is 0. The Hall–Kier alpha value is -2.47. The number of halogens is 2. The number of alkyl carbamates (subject to hydrolysis) is 1. The number of carbonyl (C=O) groups is 1. The van der Waals surface area contributed by atoms with Crippen molar-refractivity contribution in [3.8, 4) is 11.1 Å². The Morgan fingerprint density at radius 1 is 1.06 bits per heavy atom. The summed E-state index contributed by atoms with van der Waals surface area (Å²) in [5.74, 6) is -0.714. The van der Waals surface area contributed by atoms with Crippen molar-refractivity contribution in [2.45, 2.75) is 51.7 Å². The summed E-state index contributed by atoms with van der Waals surface area (Å²) in [5, 5.41) is 3.15. The molecule has 3 heterocycles. The number of benzene rings is 2. The van der Waals surface area contributed by atoms with E-state index < -0.39 is 11.6 Å². The van der Waals surface area contributed by atoms with E-state index in [0.29, 0.717) is 11.5 Å². The Balaban J connectivity index is 1.36. The van der Waals surface area contributed by atoms with E-state index in [1.165, 1.54) is 12.1 Å². The molecule has 0 saturated carbocycles. The van der Waals surface area contributed by atoms with Crippen LogP contribution in [0.5, 0.6) is 0 Å². The van der Waals surface area contributed by atoms with Gasteiger partial charge in [-0.05, 0) is 84.5 Å². The molecule has 1 N–H and O–H groups in total. The molecular weight excluding hydrogens is 410 g/mol. The van der Waals surface area contributed by atoms with E-state index in [9.17, 15) is 13.6 Å². The van der Waals surface area contributed by atoms with Gasteiger partial charge in [-0.15, -0.1) is 0 Å². The third-order valence-electron chi connectivity index (χ3n) is 7.59. The smallest absolute Gasteiger partial charge is 0.407 e. The van der Waals surface area contributed by atoms with Crippen LogP contribution in [0, 0.1) is 23.0 Å². The Labute approximate surface area is 187 Å². The highest BCUT2D eigenvalue weighted by Gasteiger charge is 2.40. The molecule has 3 aliphatic heterocycles. The fourth-order valence-electron chi connectivity index (χ4n) is 5.63. The molecule has 0 radical (unpaired) electrons. The largest absolute Gasteiger partial charge is 0.445 e. The van der Waals surface area contributed by atoms with Crippen molar-refractivity contribution in [1.82, 2.24) is 10.2 Å². The Morgan fingerprint density at radius 2 is 1.78 bits per heavy atom. The molecule has 32 heavy (non-hydrogen) atoms. The molecule has 1 amide bonds. The minimum atomic E-state index is -0.589. The highest BCUT2D eigenvalue weighted by Crippen LogP contribution is 2.44. The fraction of sp³-hybridized carbons (Fsp3) is 0.500. The fourth-order valence-corrected chi connectivity index (χ4v) is 5.63. The zero-order valence-corrected chi connectivity index (χ0v) is 18.7. The number of aryl methyl sites for hydroxylation is 1. The van der Waals surface area contributed by atoms with Gasteiger partial charge in [-0.25, -0.2) is 13.6 Å². The summed E-state index contributed by atoms with van der Waals surface area (Å²) in [5.41, 5.74) is 3.30. The maximum absolute atomic E-state index is 13.7. The Morgan fingerprint density at radius 3 is 2.44 bits per heavy atom. The molecule has 3 fully saturated rings. The van der Waals surface area contributed by atoms with Gasteiger partial charge in [-0.3, -0.25) is 4.90 Å². The van der Waals surface area contributed by atoms with Gasteiger partial charge in [-0.2, -0.15) is 0 Å². The standard InChI is InChI=1S/C26H30F2N2O2/c1-26(2)8-5-18-11-17(19-12-20(27)14-21(28)13-19)3-4-22(18)24(26)29-25(31)32-23-15-30-9-6-16(23)7-10-30/h3-4,11-14,16,23-24H,5-10,15H2,1-2H3,(H,29,31)/t23-,24?/m1/s1. The summed E-state index contributed by atoms with van der Waals surface area (Å²) in [4.78, 5) is 15.3. The van der Waals surface area contributed by atoms with Crippen molar-refractivity contribution in [3.05, 3.63) is 59.2 Å². The number of rotatable bonds is 3. The van der Waals surface area contributed by atoms with Gasteiger partial charge in [0.2, 0.25) is 0 Å². The quantitative estimate of drug-likeness (QED) is 0.689. The van der Waals surface area contributed by atoms with Crippen molar-refractivity contribution in [3.63, 3.8) is 0 Å². The van der Waals surface area contributed by atoms with E-state index in [-0.39, 0.29) is 23.7 Å². The van der Waals surface area contributed by atoms with Gasteiger partial charge in [0.15, 0.2) is 0 Å². The molecule has 6 rings (SSSR count). The number of fused-ring (bicyclic) bond motifs is 4. The molecule has 2 aromatic carbocycles. The van der Waals surface area contributed by atoms with Crippen LogP contribution >= 0.6 is 0 Å². The summed E-state index contributed by atoms with van der Waals surface area (Å²) in [6, 6.07) is 9.24. The molecule has 1 aliphatic carbocycles. The summed E-state index contributed by atoms with van der Waals surface area (Å²) in [7, 11) is 0. The number of ether oxygens (including phenoxy) is 1. The van der Waals surface area contributed by atoms with Gasteiger partial charge < -0.3 is 10.1 Å². The van der Waals surface area contributed by atoms with Gasteiger partial charge in [0, 0.05) is 12.6 Å². The van der Waals surface area contributed by atoms with Crippen molar-refractivity contribution >= 4 is 6.09 Å². The first-order valence-corrected chi connectivity index (χ1v) is 11.6. The summed E-state index contributed by atoms with van der Waals surface area (Å²) < 4.78 is 33.3. The first-order chi connectivity index (χ1) is 15.3. The van der Waals surface area contributed by atoms with Crippen LogP contribution in [0.4, 0.5) is 13.6 Å². The first kappa shape index (κ1) is 21.4. The third kappa shape index (κ3) is 4.13. The maximum Gasteiger partial charge on any atom is 0.407 e. The molecule has 4 nitrogen and oxygen atoms in total. The van der Waals surface area contributed by atoms with Crippen LogP contribution in [0.25, 0.3) is 11.1 Å². The highest BCUT2D eigenvalue weighted by molar-refractivity contribution is 5.70. The van der Waals surface area contributed by atoms with Gasteiger partial charge in [-0.1, -0.05) is 32.0 Å². The first-order valence-electron chi connectivity index (χ1n) is 11.6. The topological polar surface area (TPSA) is 41.6 Å². The van der Waals surface area contributed by atoms with Crippen LogP contribution < -0.4 is 5.32 Å². The second-order valence-corrected chi connectivity index (χ2v) is 10.2. The monoisotopic (exact) mass is 440 g/mol. The molecule has 3 saturated heterocycles. The lowest BCUT2D eigenvalue weighted by atomic mass is 9.70. The van der Waals surface area contributed by atoms with Gasteiger partial charge >= 0.3 is 6.09 Å². The zero-order chi connectivity index (χ0) is 22.5. The van der Waals surface area contributed by atoms with E-state index >= 15 is 0 Å². The predicted molar refractivity (Wildman–Crippen MR) is 119 cm³/mol. The van der Waals surface area contributed by atoms with Gasteiger partial charge in [0.05, 0.1) is 6.04 Å². The SMILES string of the molecule is CC1(C)CCc2cc(-c3cc(F)cc(F)c3)ccc2C1NC(=O)O[C@@H]1CN2CCC1CC2. The van der Waals surface area contributed by atoms with Crippen LogP contribution in [0.15, 0.2) is 36.4 Å². The average molecular weight is 441 g/mol. The molecule has 0 aromatic heterocycles. The third-order valence-corrected chi connectivity index (χ3v) is 7.59. The van der Waals surface area contributed by atoms with Crippen molar-refractivity contribution in [2.75, 3.05) is 19.6 Å². The van der Waals surface area contributed by atoms with Gasteiger partial charge in [0.25, 0.3) is 0 Å². The molecule has 1 unspecified atom stereocenters. The lowest BCUT2D eigenvalue weighted by Crippen LogP contribution is -2.53. The maximum atomic E-state index is 13.7. The lowest BCUT2D eigenvalue weighted by Gasteiger charge is -2.44. The molecule has 0 spiro atoms. The number of carbonyl (C=O) groups excluding carboxylic acids is 1. The minimum absolute atomic E-state index is 0.0334. The molecular formula is C26H30F2N2O2. The van der Waals surface area contributed by atoms with Crippen molar-refractivity contribution in [2.24, 2.45) is 11.3 Å². The van der Waals surface area contributed by atoms with Gasteiger partial charge in [0.1, 0.15) is 17.7 Å². The number of piperidine rings is 3. The normalized spacial score (nSPS) is 28.1. The molecule has 2 aromatic rings. The minimum Gasteiger partial charge on any atom is -0.445 e. The van der Waals surface area contributed by atoms with E-state index in [4.69, 9.17) is 4.74 Å². The zero-order valence-electron chi connectivity index (χ0n) is 18.7. The van der Waals surface area contributed by atoms with E-state index in [1.807, 2.05) is 18.2 Å². The molecule has 2 atom stereocenters. The second-order valence-electron chi connectivity index (χ2n) is 10.2. The van der Waals surface area contributed by atoms with Crippen LogP contribution in [-0.2, 0) is 11.2 Å². The van der Waals surface area contributed by atoms with Crippen molar-refractivity contribution < 1.29 is 18.3 Å². The molecule has 170 valence electrons. The number of nitrogens with one attached hydrogen (secondary N) is 1. The number of amides is 1. The Bertz CT molecular complexity index is 1010. The number of hydrogen-bond acceptors (Lipinski definition) is 3. The summed E-state index contributed by atoms with van der Waals surface area (Å²) in [6.45, 7) is 7.35. The second kappa shape index (κ2) is 8.14. The molecule has 4 aliphatic rings. The Kier molecular flexibility index (Phi) is 5.44. The average Bonchev–Trinajstić information content (AvgIpc) is 2.75. The highest BCUT2D eigenvalue weighted by atomic mass is 19.1. The van der Waals surface area contributed by atoms with E-state index in [2.05, 4.69) is 24.1 Å². The summed E-state index contributed by atoms with van der Waals surface area (Å²) in [6.07, 6.45) is 3.55. The van der Waals surface area contributed by atoms with E-state index in [0.717, 1.165) is 68.1 Å². The van der Waals surface area contributed by atoms with Crippen LogP contribution in [0.3, 0.4) is 0 Å². The number of nitrogens with zero attached hydrogens (tertiary/aromatic N) is 1. The van der Waals surface area contributed by atoms with Crippen LogP contribution in [0.1, 0.15) is 50.3 Å². The number of hydrogen-bond donors (Lipinski definition) is 1. The molecule has 2 bridgehead atoms. The predicted octanol–water partition coefficient (Wildman–Crippen LogP) is 5.47. The van der Waals surface area contributed by atoms with Crippen LogP contribution in [0.2, 0.25) is 0 Å². The van der Waals surface area contributed by atoms with E-state index in [1.54, 1.807) is 0 Å². The van der Waals surface area contributed by atoms with Crippen molar-refractivity contribution in [1.29, 1.82) is 0 Å². The van der Waals surface area contributed by atoms with Crippen LogP contribution in [-0.4, -0.2) is 36.7 Å².